The Kier molecular flexibility index (Phi) is 6.40. The van der Waals surface area contributed by atoms with E-state index in [0.29, 0.717) is 18.3 Å². The molecule has 0 atom stereocenters. The third kappa shape index (κ3) is 4.82. The number of aromatic nitrogens is 2. The van der Waals surface area contributed by atoms with Crippen LogP contribution in [0.25, 0.3) is 5.69 Å². The Morgan fingerprint density at radius 1 is 1.10 bits per heavy atom. The zero-order chi connectivity index (χ0) is 21.8. The van der Waals surface area contributed by atoms with Crippen molar-refractivity contribution in [2.45, 2.75) is 46.6 Å². The topological polar surface area (TPSA) is 47.4 Å². The highest BCUT2D eigenvalue weighted by Crippen LogP contribution is 2.34. The molecule has 1 aliphatic carbocycles. The van der Waals surface area contributed by atoms with Gasteiger partial charge in [0.2, 0.25) is 11.8 Å². The quantitative estimate of drug-likeness (QED) is 0.468. The maximum atomic E-state index is 13.2. The second-order valence-electron chi connectivity index (χ2n) is 8.77. The van der Waals surface area contributed by atoms with Crippen LogP contribution in [0.3, 0.4) is 0 Å². The number of hydrogen-bond donors (Lipinski definition) is 0. The average molecular weight is 418 g/mol. The Labute approximate surface area is 184 Å². The Hall–Kier alpha value is -3.08. The van der Waals surface area contributed by atoms with Crippen molar-refractivity contribution < 1.29 is 9.53 Å². The first-order chi connectivity index (χ1) is 15.0. The molecule has 2 aromatic carbocycles. The minimum atomic E-state index is 0.168. The second-order valence-corrected chi connectivity index (χ2v) is 8.77. The summed E-state index contributed by atoms with van der Waals surface area (Å²) in [5.41, 5.74) is 2.77. The molecule has 5 nitrogen and oxygen atoms in total. The zero-order valence-corrected chi connectivity index (χ0v) is 18.6. The molecule has 0 unspecified atom stereocenters. The van der Waals surface area contributed by atoms with Crippen LogP contribution < -0.4 is 4.74 Å². The van der Waals surface area contributed by atoms with Crippen molar-refractivity contribution in [3.8, 4) is 17.3 Å². The van der Waals surface area contributed by atoms with Crippen molar-refractivity contribution in [2.75, 3.05) is 6.54 Å². The number of ether oxygens (including phenoxy) is 1. The van der Waals surface area contributed by atoms with Gasteiger partial charge in [-0.2, -0.15) is 5.10 Å². The summed E-state index contributed by atoms with van der Waals surface area (Å²) in [4.78, 5) is 15.2. The molecule has 4 rings (SSSR count). The lowest BCUT2D eigenvalue weighted by Gasteiger charge is -2.32. The number of hydrogen-bond acceptors (Lipinski definition) is 3. The third-order valence-electron chi connectivity index (χ3n) is 5.80. The summed E-state index contributed by atoms with van der Waals surface area (Å²) in [5.74, 6) is 2.25. The Bertz CT molecular complexity index is 1010. The minimum Gasteiger partial charge on any atom is -0.439 e. The number of nitrogens with zero attached hydrogens (tertiary/aromatic N) is 3. The summed E-state index contributed by atoms with van der Waals surface area (Å²) in [6.45, 7) is 7.55. The molecule has 1 aliphatic rings. The van der Waals surface area contributed by atoms with E-state index in [-0.39, 0.29) is 11.8 Å². The van der Waals surface area contributed by atoms with E-state index in [0.717, 1.165) is 48.5 Å². The number of rotatable bonds is 8. The largest absolute Gasteiger partial charge is 0.439 e. The summed E-state index contributed by atoms with van der Waals surface area (Å²) in [5, 5.41) is 4.80. The highest BCUT2D eigenvalue weighted by Gasteiger charge is 2.31. The fraction of sp³-hybridized carbons (Fsp3) is 0.385. The van der Waals surface area contributed by atoms with Gasteiger partial charge in [0, 0.05) is 12.5 Å². The van der Waals surface area contributed by atoms with Crippen LogP contribution in [0.15, 0.2) is 60.7 Å². The number of carbonyl (C=O) groups is 1. The molecule has 5 heteroatoms. The van der Waals surface area contributed by atoms with Gasteiger partial charge in [-0.25, -0.2) is 4.68 Å². The van der Waals surface area contributed by atoms with E-state index in [1.165, 1.54) is 0 Å². The van der Waals surface area contributed by atoms with Crippen LogP contribution in [0.5, 0.6) is 11.6 Å². The van der Waals surface area contributed by atoms with Gasteiger partial charge in [0.1, 0.15) is 5.75 Å². The van der Waals surface area contributed by atoms with Gasteiger partial charge in [0.25, 0.3) is 0 Å². The maximum Gasteiger partial charge on any atom is 0.227 e. The predicted octanol–water partition coefficient (Wildman–Crippen LogP) is 5.76. The first-order valence-corrected chi connectivity index (χ1v) is 11.2. The molecule has 31 heavy (non-hydrogen) atoms. The molecule has 0 radical (unpaired) electrons. The van der Waals surface area contributed by atoms with E-state index in [9.17, 15) is 4.79 Å². The fourth-order valence-electron chi connectivity index (χ4n) is 3.95. The first kappa shape index (κ1) is 21.2. The molecule has 0 saturated heterocycles. The van der Waals surface area contributed by atoms with E-state index in [4.69, 9.17) is 9.84 Å². The lowest BCUT2D eigenvalue weighted by molar-refractivity contribution is -0.139. The summed E-state index contributed by atoms with van der Waals surface area (Å²) in [6, 6.07) is 19.7. The second kappa shape index (κ2) is 9.38. The normalized spacial score (nSPS) is 13.8. The third-order valence-corrected chi connectivity index (χ3v) is 5.80. The van der Waals surface area contributed by atoms with Crippen LogP contribution in [-0.2, 0) is 11.3 Å². The molecule has 3 aromatic rings. The maximum absolute atomic E-state index is 13.2. The summed E-state index contributed by atoms with van der Waals surface area (Å²) < 4.78 is 8.21. The highest BCUT2D eigenvalue weighted by molar-refractivity contribution is 5.79. The van der Waals surface area contributed by atoms with E-state index in [1.807, 2.05) is 77.2 Å². The zero-order valence-electron chi connectivity index (χ0n) is 18.6. The van der Waals surface area contributed by atoms with Gasteiger partial charge in [-0.15, -0.1) is 0 Å². The van der Waals surface area contributed by atoms with Gasteiger partial charge in [0.05, 0.1) is 23.5 Å². The molecule has 1 heterocycles. The number of aryl methyl sites for hydroxylation is 1. The van der Waals surface area contributed by atoms with Gasteiger partial charge in [-0.3, -0.25) is 4.79 Å². The first-order valence-electron chi connectivity index (χ1n) is 11.2. The van der Waals surface area contributed by atoms with Crippen LogP contribution in [-0.4, -0.2) is 27.1 Å². The van der Waals surface area contributed by atoms with Crippen LogP contribution in [0.1, 0.15) is 44.4 Å². The molecule has 1 saturated carbocycles. The standard InChI is InChI=1S/C26H31N3O2/c1-19(2)17-28(25(30)21-11-10-12-21)18-24-20(3)27-29(22-13-6-4-7-14-22)26(24)31-23-15-8-5-9-16-23/h4-9,13-16,19,21H,10-12,17-18H2,1-3H3. The minimum absolute atomic E-state index is 0.168. The summed E-state index contributed by atoms with van der Waals surface area (Å²) in [6.07, 6.45) is 3.16. The molecule has 162 valence electrons. The van der Waals surface area contributed by atoms with Gasteiger partial charge >= 0.3 is 0 Å². The molecule has 0 aliphatic heterocycles. The lowest BCUT2D eigenvalue weighted by Crippen LogP contribution is -2.40. The van der Waals surface area contributed by atoms with Crippen LogP contribution in [0.4, 0.5) is 0 Å². The van der Waals surface area contributed by atoms with E-state index >= 15 is 0 Å². The monoisotopic (exact) mass is 417 g/mol. The summed E-state index contributed by atoms with van der Waals surface area (Å²) in [7, 11) is 0. The number of amides is 1. The van der Waals surface area contributed by atoms with E-state index in [1.54, 1.807) is 0 Å². The SMILES string of the molecule is Cc1nn(-c2ccccc2)c(Oc2ccccc2)c1CN(CC(C)C)C(=O)C1CCC1. The Morgan fingerprint density at radius 2 is 1.74 bits per heavy atom. The molecule has 0 N–H and O–H groups in total. The van der Waals surface area contributed by atoms with Gasteiger partial charge < -0.3 is 9.64 Å². The Balaban J connectivity index is 1.72. The van der Waals surface area contributed by atoms with Crippen molar-refractivity contribution >= 4 is 5.91 Å². The van der Waals surface area contributed by atoms with E-state index in [2.05, 4.69) is 13.8 Å². The molecule has 0 spiro atoms. The van der Waals surface area contributed by atoms with E-state index < -0.39 is 0 Å². The molecular weight excluding hydrogens is 386 g/mol. The number of carbonyl (C=O) groups excluding carboxylic acids is 1. The predicted molar refractivity (Wildman–Crippen MR) is 122 cm³/mol. The van der Waals surface area contributed by atoms with Crippen LogP contribution >= 0.6 is 0 Å². The average Bonchev–Trinajstić information content (AvgIpc) is 3.02. The summed E-state index contributed by atoms with van der Waals surface area (Å²) >= 11 is 0. The smallest absolute Gasteiger partial charge is 0.227 e. The van der Waals surface area contributed by atoms with Crippen molar-refractivity contribution in [3.05, 3.63) is 71.9 Å². The molecule has 1 amide bonds. The molecule has 1 aromatic heterocycles. The van der Waals surface area contributed by atoms with Crippen molar-refractivity contribution in [2.24, 2.45) is 11.8 Å². The van der Waals surface area contributed by atoms with Gasteiger partial charge in [-0.1, -0.05) is 56.7 Å². The fourth-order valence-corrected chi connectivity index (χ4v) is 3.95. The molecule has 0 bridgehead atoms. The van der Waals surface area contributed by atoms with Crippen LogP contribution in [0, 0.1) is 18.8 Å². The van der Waals surface area contributed by atoms with Gasteiger partial charge in [-0.05, 0) is 49.9 Å². The Morgan fingerprint density at radius 3 is 2.32 bits per heavy atom. The van der Waals surface area contributed by atoms with Gasteiger partial charge in [0.15, 0.2) is 0 Å². The number of benzene rings is 2. The van der Waals surface area contributed by atoms with Crippen molar-refractivity contribution in [1.29, 1.82) is 0 Å². The molecular formula is C26H31N3O2. The molecule has 1 fully saturated rings. The van der Waals surface area contributed by atoms with Crippen molar-refractivity contribution in [1.82, 2.24) is 14.7 Å². The van der Waals surface area contributed by atoms with Crippen LogP contribution in [0.2, 0.25) is 0 Å². The van der Waals surface area contributed by atoms with Crippen molar-refractivity contribution in [3.63, 3.8) is 0 Å². The highest BCUT2D eigenvalue weighted by atomic mass is 16.5. The number of para-hydroxylation sites is 2. The lowest BCUT2D eigenvalue weighted by atomic mass is 9.84.